The first-order chi connectivity index (χ1) is 12.4. The molecule has 3 rings (SSSR count). The number of hydrogen-bond donors (Lipinski definition) is 2. The van der Waals surface area contributed by atoms with Gasteiger partial charge in [0.2, 0.25) is 11.8 Å². The molecule has 1 aromatic heterocycles. The quantitative estimate of drug-likeness (QED) is 0.851. The van der Waals surface area contributed by atoms with Gasteiger partial charge in [-0.15, -0.1) is 0 Å². The summed E-state index contributed by atoms with van der Waals surface area (Å²) in [4.78, 5) is 38.1. The molecular formula is C18H20N4O4. The van der Waals surface area contributed by atoms with Crippen molar-refractivity contribution < 1.29 is 18.9 Å². The molecule has 26 heavy (non-hydrogen) atoms. The highest BCUT2D eigenvalue weighted by Gasteiger charge is 2.23. The van der Waals surface area contributed by atoms with Crippen LogP contribution >= 0.6 is 0 Å². The van der Waals surface area contributed by atoms with Crippen LogP contribution in [0.5, 0.6) is 0 Å². The van der Waals surface area contributed by atoms with Crippen LogP contribution in [0.2, 0.25) is 0 Å². The highest BCUT2D eigenvalue weighted by atomic mass is 16.5. The molecule has 0 unspecified atom stereocenters. The van der Waals surface area contributed by atoms with Crippen LogP contribution in [-0.2, 0) is 9.59 Å². The lowest BCUT2D eigenvalue weighted by atomic mass is 10.1. The Hall–Kier alpha value is -3.16. The zero-order valence-electron chi connectivity index (χ0n) is 14.6. The number of carbonyl (C=O) groups is 3. The van der Waals surface area contributed by atoms with E-state index in [-0.39, 0.29) is 5.91 Å². The Morgan fingerprint density at radius 3 is 2.77 bits per heavy atom. The van der Waals surface area contributed by atoms with Crippen molar-refractivity contribution in [3.8, 4) is 0 Å². The van der Waals surface area contributed by atoms with Gasteiger partial charge in [0.25, 0.3) is 5.91 Å². The van der Waals surface area contributed by atoms with Gasteiger partial charge in [0, 0.05) is 30.3 Å². The molecule has 3 amide bonds. The maximum atomic E-state index is 12.4. The summed E-state index contributed by atoms with van der Waals surface area (Å²) in [5, 5.41) is 8.89. The zero-order chi connectivity index (χ0) is 18.7. The van der Waals surface area contributed by atoms with Crippen molar-refractivity contribution in [1.29, 1.82) is 0 Å². The van der Waals surface area contributed by atoms with Crippen molar-refractivity contribution in [2.24, 2.45) is 0 Å². The molecule has 1 aliphatic heterocycles. The highest BCUT2D eigenvalue weighted by Crippen LogP contribution is 2.22. The van der Waals surface area contributed by atoms with Crippen molar-refractivity contribution in [2.45, 2.75) is 32.7 Å². The Balaban J connectivity index is 1.63. The normalized spacial score (nSPS) is 15.0. The van der Waals surface area contributed by atoms with Gasteiger partial charge in [0.1, 0.15) is 11.8 Å². The van der Waals surface area contributed by atoms with Gasteiger partial charge in [-0.1, -0.05) is 11.2 Å². The average Bonchev–Trinajstić information content (AvgIpc) is 3.23. The molecule has 2 aromatic rings. The van der Waals surface area contributed by atoms with Gasteiger partial charge in [0.15, 0.2) is 5.82 Å². The lowest BCUT2D eigenvalue weighted by Gasteiger charge is -2.17. The minimum Gasteiger partial charge on any atom is -0.360 e. The zero-order valence-corrected chi connectivity index (χ0v) is 14.6. The predicted molar refractivity (Wildman–Crippen MR) is 94.8 cm³/mol. The van der Waals surface area contributed by atoms with Gasteiger partial charge >= 0.3 is 0 Å². The summed E-state index contributed by atoms with van der Waals surface area (Å²) in [6.07, 6.45) is 1.34. The van der Waals surface area contributed by atoms with Gasteiger partial charge in [-0.3, -0.25) is 14.4 Å². The first-order valence-electron chi connectivity index (χ1n) is 8.39. The second-order valence-corrected chi connectivity index (χ2v) is 6.21. The van der Waals surface area contributed by atoms with Crippen LogP contribution < -0.4 is 15.5 Å². The van der Waals surface area contributed by atoms with E-state index in [1.54, 1.807) is 49.1 Å². The van der Waals surface area contributed by atoms with Crippen LogP contribution in [0.3, 0.4) is 0 Å². The molecule has 0 radical (unpaired) electrons. The largest absolute Gasteiger partial charge is 0.360 e. The maximum absolute atomic E-state index is 12.4. The van der Waals surface area contributed by atoms with Gasteiger partial charge < -0.3 is 20.1 Å². The standard InChI is InChI=1S/C18H20N4O4/c1-11-9-15(21-26-11)20-17(24)12(2)19-18(25)13-5-3-6-14(10-13)22-8-4-7-16(22)23/h3,5-6,9-10,12H,4,7-8H2,1-2H3,(H,19,25)(H,20,21,24)/t12-/m0/s1. The molecule has 1 fully saturated rings. The monoisotopic (exact) mass is 356 g/mol. The molecule has 1 aromatic carbocycles. The van der Waals surface area contributed by atoms with E-state index in [9.17, 15) is 14.4 Å². The molecular weight excluding hydrogens is 336 g/mol. The number of nitrogens with zero attached hydrogens (tertiary/aromatic N) is 2. The Morgan fingerprint density at radius 1 is 1.31 bits per heavy atom. The SMILES string of the molecule is Cc1cc(NC(=O)[C@H](C)NC(=O)c2cccc(N3CCCC3=O)c2)no1. The molecule has 0 bridgehead atoms. The number of benzene rings is 1. The molecule has 1 aliphatic rings. The first kappa shape index (κ1) is 17.7. The van der Waals surface area contributed by atoms with E-state index in [0.29, 0.717) is 35.8 Å². The maximum Gasteiger partial charge on any atom is 0.251 e. The minimum absolute atomic E-state index is 0.0539. The third-order valence-electron chi connectivity index (χ3n) is 4.11. The van der Waals surface area contributed by atoms with Crippen LogP contribution in [0.1, 0.15) is 35.9 Å². The van der Waals surface area contributed by atoms with Crippen LogP contribution in [0.4, 0.5) is 11.5 Å². The highest BCUT2D eigenvalue weighted by molar-refractivity contribution is 6.02. The van der Waals surface area contributed by atoms with Crippen molar-refractivity contribution in [1.82, 2.24) is 10.5 Å². The van der Waals surface area contributed by atoms with Gasteiger partial charge in [0.05, 0.1) is 0 Å². The van der Waals surface area contributed by atoms with Crippen LogP contribution in [0.15, 0.2) is 34.9 Å². The Bertz CT molecular complexity index is 845. The Morgan fingerprint density at radius 2 is 2.12 bits per heavy atom. The molecule has 2 heterocycles. The summed E-state index contributed by atoms with van der Waals surface area (Å²) in [6, 6.07) is 7.64. The van der Waals surface area contributed by atoms with E-state index in [4.69, 9.17) is 4.52 Å². The van der Waals surface area contributed by atoms with Crippen molar-refractivity contribution in [3.63, 3.8) is 0 Å². The molecule has 8 heteroatoms. The van der Waals surface area contributed by atoms with Crippen molar-refractivity contribution in [3.05, 3.63) is 41.7 Å². The Kier molecular flexibility index (Phi) is 5.01. The van der Waals surface area contributed by atoms with E-state index in [0.717, 1.165) is 6.42 Å². The van der Waals surface area contributed by atoms with Crippen LogP contribution in [0.25, 0.3) is 0 Å². The summed E-state index contributed by atoms with van der Waals surface area (Å²) >= 11 is 0. The fourth-order valence-electron chi connectivity index (χ4n) is 2.74. The summed E-state index contributed by atoms with van der Waals surface area (Å²) in [6.45, 7) is 3.94. The number of nitrogens with one attached hydrogen (secondary N) is 2. The van der Waals surface area contributed by atoms with Crippen LogP contribution in [0, 0.1) is 6.92 Å². The molecule has 0 saturated carbocycles. The number of rotatable bonds is 5. The number of aromatic nitrogens is 1. The molecule has 8 nitrogen and oxygen atoms in total. The number of aryl methyl sites for hydroxylation is 1. The second-order valence-electron chi connectivity index (χ2n) is 6.21. The first-order valence-corrected chi connectivity index (χ1v) is 8.39. The van der Waals surface area contributed by atoms with E-state index in [2.05, 4.69) is 15.8 Å². The molecule has 1 atom stereocenters. The average molecular weight is 356 g/mol. The summed E-state index contributed by atoms with van der Waals surface area (Å²) in [5.41, 5.74) is 1.08. The fraction of sp³-hybridized carbons (Fsp3) is 0.333. The Labute approximate surface area is 150 Å². The van der Waals surface area contributed by atoms with E-state index in [1.807, 2.05) is 0 Å². The molecule has 2 N–H and O–H groups in total. The lowest BCUT2D eigenvalue weighted by Crippen LogP contribution is -2.41. The van der Waals surface area contributed by atoms with Gasteiger partial charge in [-0.05, 0) is 38.5 Å². The fourth-order valence-corrected chi connectivity index (χ4v) is 2.74. The van der Waals surface area contributed by atoms with Crippen LogP contribution in [-0.4, -0.2) is 35.5 Å². The number of hydrogen-bond acceptors (Lipinski definition) is 5. The van der Waals surface area contributed by atoms with E-state index < -0.39 is 17.9 Å². The topological polar surface area (TPSA) is 105 Å². The molecule has 0 spiro atoms. The third kappa shape index (κ3) is 3.90. The summed E-state index contributed by atoms with van der Waals surface area (Å²) < 4.78 is 4.88. The van der Waals surface area contributed by atoms with E-state index >= 15 is 0 Å². The van der Waals surface area contributed by atoms with E-state index in [1.165, 1.54) is 0 Å². The van der Waals surface area contributed by atoms with Crippen molar-refractivity contribution in [2.75, 3.05) is 16.8 Å². The molecule has 0 aliphatic carbocycles. The second kappa shape index (κ2) is 7.38. The smallest absolute Gasteiger partial charge is 0.251 e. The number of amides is 3. The molecule has 136 valence electrons. The van der Waals surface area contributed by atoms with Gasteiger partial charge in [-0.2, -0.15) is 0 Å². The minimum atomic E-state index is -0.767. The molecule has 1 saturated heterocycles. The van der Waals surface area contributed by atoms with Crippen molar-refractivity contribution >= 4 is 29.2 Å². The summed E-state index contributed by atoms with van der Waals surface area (Å²) in [7, 11) is 0. The lowest BCUT2D eigenvalue weighted by molar-refractivity contribution is -0.118. The summed E-state index contributed by atoms with van der Waals surface area (Å²) in [5.74, 6) is 0.126. The number of carbonyl (C=O) groups excluding carboxylic acids is 3. The predicted octanol–water partition coefficient (Wildman–Crippen LogP) is 1.87. The number of anilines is 2. The van der Waals surface area contributed by atoms with Gasteiger partial charge in [-0.25, -0.2) is 0 Å². The third-order valence-corrected chi connectivity index (χ3v) is 4.11.